The third-order valence-electron chi connectivity index (χ3n) is 2.46. The zero-order valence-corrected chi connectivity index (χ0v) is 9.91. The Morgan fingerprint density at radius 1 is 0.944 bits per heavy atom. The summed E-state index contributed by atoms with van der Waals surface area (Å²) < 4.78 is 37.0. The Morgan fingerprint density at radius 2 is 1.61 bits per heavy atom. The molecule has 0 aliphatic heterocycles. The third-order valence-corrected chi connectivity index (χ3v) is 2.97. The van der Waals surface area contributed by atoms with Crippen molar-refractivity contribution >= 4 is 11.6 Å². The zero-order valence-electron chi connectivity index (χ0n) is 9.16. The minimum Gasteiger partial charge on any atom is -0.251 e. The highest BCUT2D eigenvalue weighted by Gasteiger charge is 2.32. The molecule has 0 aliphatic carbocycles. The number of pyridine rings is 1. The lowest BCUT2D eigenvalue weighted by molar-refractivity contribution is -0.141. The minimum absolute atomic E-state index is 0.499. The van der Waals surface area contributed by atoms with Gasteiger partial charge in [-0.05, 0) is 17.2 Å². The molecule has 0 N–H and O–H groups in total. The van der Waals surface area contributed by atoms with Crippen LogP contribution in [0.25, 0.3) is 0 Å². The standard InChI is InChI=1S/C13H9ClF3N/c14-12(9-4-2-1-3-5-9)10-6-7-11(18-8-10)13(15,16)17/h1-8,12H. The molecule has 2 aromatic rings. The molecule has 0 saturated heterocycles. The molecule has 18 heavy (non-hydrogen) atoms. The van der Waals surface area contributed by atoms with Gasteiger partial charge < -0.3 is 0 Å². The maximum Gasteiger partial charge on any atom is 0.433 e. The zero-order chi connectivity index (χ0) is 13.2. The molecule has 1 atom stereocenters. The maximum absolute atomic E-state index is 12.3. The number of rotatable bonds is 2. The molecule has 5 heteroatoms. The molecule has 0 saturated carbocycles. The molecule has 0 spiro atoms. The van der Waals surface area contributed by atoms with Gasteiger partial charge in [0.05, 0.1) is 5.38 Å². The van der Waals surface area contributed by atoms with Crippen LogP contribution < -0.4 is 0 Å². The quantitative estimate of drug-likeness (QED) is 0.737. The topological polar surface area (TPSA) is 12.9 Å². The Hall–Kier alpha value is -1.55. The SMILES string of the molecule is FC(F)(F)c1ccc(C(Cl)c2ccccc2)cn1. The van der Waals surface area contributed by atoms with Crippen molar-refractivity contribution in [1.29, 1.82) is 0 Å². The van der Waals surface area contributed by atoms with Gasteiger partial charge in [-0.25, -0.2) is 0 Å². The Morgan fingerprint density at radius 3 is 2.11 bits per heavy atom. The first-order chi connectivity index (χ1) is 8.48. The van der Waals surface area contributed by atoms with E-state index in [-0.39, 0.29) is 0 Å². The number of benzene rings is 1. The lowest BCUT2D eigenvalue weighted by atomic mass is 10.1. The highest BCUT2D eigenvalue weighted by Crippen LogP contribution is 2.31. The van der Waals surface area contributed by atoms with Crippen molar-refractivity contribution in [1.82, 2.24) is 4.98 Å². The monoisotopic (exact) mass is 271 g/mol. The van der Waals surface area contributed by atoms with E-state index in [1.165, 1.54) is 6.07 Å². The van der Waals surface area contributed by atoms with E-state index in [0.717, 1.165) is 17.8 Å². The molecular weight excluding hydrogens is 263 g/mol. The molecule has 1 nitrogen and oxygen atoms in total. The van der Waals surface area contributed by atoms with Crippen molar-refractivity contribution in [2.45, 2.75) is 11.6 Å². The van der Waals surface area contributed by atoms with E-state index in [0.29, 0.717) is 5.56 Å². The molecule has 1 heterocycles. The van der Waals surface area contributed by atoms with Gasteiger partial charge in [-0.3, -0.25) is 4.98 Å². The fourth-order valence-corrected chi connectivity index (χ4v) is 1.81. The molecule has 0 fully saturated rings. The van der Waals surface area contributed by atoms with Crippen LogP contribution in [0.15, 0.2) is 48.7 Å². The van der Waals surface area contributed by atoms with Crippen molar-refractivity contribution in [3.63, 3.8) is 0 Å². The molecular formula is C13H9ClF3N. The average molecular weight is 272 g/mol. The maximum atomic E-state index is 12.3. The van der Waals surface area contributed by atoms with Crippen molar-refractivity contribution < 1.29 is 13.2 Å². The molecule has 1 unspecified atom stereocenters. The van der Waals surface area contributed by atoms with Crippen LogP contribution in [0.5, 0.6) is 0 Å². The summed E-state index contributed by atoms with van der Waals surface area (Å²) >= 11 is 6.18. The van der Waals surface area contributed by atoms with Crippen LogP contribution in [0.1, 0.15) is 22.2 Å². The molecule has 0 aliphatic rings. The van der Waals surface area contributed by atoms with Crippen LogP contribution >= 0.6 is 11.6 Å². The minimum atomic E-state index is -4.42. The number of hydrogen-bond acceptors (Lipinski definition) is 1. The second kappa shape index (κ2) is 4.98. The third kappa shape index (κ3) is 2.82. The number of halogens is 4. The summed E-state index contributed by atoms with van der Waals surface area (Å²) in [5, 5.41) is -0.499. The Labute approximate surface area is 107 Å². The van der Waals surface area contributed by atoms with Gasteiger partial charge in [0.25, 0.3) is 0 Å². The van der Waals surface area contributed by atoms with Crippen LogP contribution in [-0.2, 0) is 6.18 Å². The second-order valence-electron chi connectivity index (χ2n) is 3.75. The predicted octanol–water partition coefficient (Wildman–Crippen LogP) is 4.43. The van der Waals surface area contributed by atoms with Gasteiger partial charge in [0.1, 0.15) is 5.69 Å². The molecule has 1 aromatic heterocycles. The van der Waals surface area contributed by atoms with Gasteiger partial charge in [-0.2, -0.15) is 13.2 Å². The highest BCUT2D eigenvalue weighted by molar-refractivity contribution is 6.22. The van der Waals surface area contributed by atoms with Crippen LogP contribution in [0.4, 0.5) is 13.2 Å². The van der Waals surface area contributed by atoms with Crippen LogP contribution in [0, 0.1) is 0 Å². The largest absolute Gasteiger partial charge is 0.433 e. The predicted molar refractivity (Wildman–Crippen MR) is 63.4 cm³/mol. The number of hydrogen-bond donors (Lipinski definition) is 0. The first-order valence-electron chi connectivity index (χ1n) is 5.20. The first kappa shape index (κ1) is 12.9. The fraction of sp³-hybridized carbons (Fsp3) is 0.154. The van der Waals surface area contributed by atoms with Crippen molar-refractivity contribution in [2.75, 3.05) is 0 Å². The van der Waals surface area contributed by atoms with E-state index in [9.17, 15) is 13.2 Å². The summed E-state index contributed by atoms with van der Waals surface area (Å²) in [7, 11) is 0. The molecule has 0 amide bonds. The van der Waals surface area contributed by atoms with Crippen molar-refractivity contribution in [3.05, 3.63) is 65.5 Å². The van der Waals surface area contributed by atoms with E-state index < -0.39 is 17.2 Å². The number of nitrogens with zero attached hydrogens (tertiary/aromatic N) is 1. The lowest BCUT2D eigenvalue weighted by Gasteiger charge is -2.11. The summed E-state index contributed by atoms with van der Waals surface area (Å²) in [6.07, 6.45) is -3.26. The van der Waals surface area contributed by atoms with Gasteiger partial charge in [0, 0.05) is 6.20 Å². The Bertz CT molecular complexity index is 508. The van der Waals surface area contributed by atoms with Crippen molar-refractivity contribution in [2.24, 2.45) is 0 Å². The van der Waals surface area contributed by atoms with Gasteiger partial charge in [-0.1, -0.05) is 36.4 Å². The van der Waals surface area contributed by atoms with Gasteiger partial charge in [0.2, 0.25) is 0 Å². The molecule has 0 radical (unpaired) electrons. The van der Waals surface area contributed by atoms with Crippen LogP contribution in [-0.4, -0.2) is 4.98 Å². The normalized spacial score (nSPS) is 13.3. The second-order valence-corrected chi connectivity index (χ2v) is 4.18. The lowest BCUT2D eigenvalue weighted by Crippen LogP contribution is -2.08. The summed E-state index contributed by atoms with van der Waals surface area (Å²) in [6, 6.07) is 11.4. The van der Waals surface area contributed by atoms with E-state index in [4.69, 9.17) is 11.6 Å². The summed E-state index contributed by atoms with van der Waals surface area (Å²) in [5.41, 5.74) is 0.444. The Kier molecular flexibility index (Phi) is 3.57. The van der Waals surface area contributed by atoms with Gasteiger partial charge in [0.15, 0.2) is 0 Å². The first-order valence-corrected chi connectivity index (χ1v) is 5.64. The molecule has 0 bridgehead atoms. The van der Waals surface area contributed by atoms with Gasteiger partial charge >= 0.3 is 6.18 Å². The summed E-state index contributed by atoms with van der Waals surface area (Å²) in [5.74, 6) is 0. The molecule has 94 valence electrons. The van der Waals surface area contributed by atoms with Crippen LogP contribution in [0.2, 0.25) is 0 Å². The van der Waals surface area contributed by atoms with E-state index >= 15 is 0 Å². The van der Waals surface area contributed by atoms with E-state index in [2.05, 4.69) is 4.98 Å². The molecule has 1 aromatic carbocycles. The smallest absolute Gasteiger partial charge is 0.251 e. The van der Waals surface area contributed by atoms with E-state index in [1.807, 2.05) is 30.3 Å². The highest BCUT2D eigenvalue weighted by atomic mass is 35.5. The van der Waals surface area contributed by atoms with Crippen LogP contribution in [0.3, 0.4) is 0 Å². The number of aromatic nitrogens is 1. The summed E-state index contributed by atoms with van der Waals surface area (Å²) in [4.78, 5) is 3.39. The molecule has 2 rings (SSSR count). The average Bonchev–Trinajstić information content (AvgIpc) is 2.38. The summed E-state index contributed by atoms with van der Waals surface area (Å²) in [6.45, 7) is 0. The number of alkyl halides is 4. The van der Waals surface area contributed by atoms with Crippen molar-refractivity contribution in [3.8, 4) is 0 Å². The Balaban J connectivity index is 2.25. The van der Waals surface area contributed by atoms with Gasteiger partial charge in [-0.15, -0.1) is 11.6 Å². The van der Waals surface area contributed by atoms with E-state index in [1.54, 1.807) is 0 Å². The fourth-order valence-electron chi connectivity index (χ4n) is 1.54.